The molecule has 3 aliphatic rings. The fraction of sp³-hybridized carbons (Fsp3) is 0.524. The fourth-order valence-electron chi connectivity index (χ4n) is 4.36. The molecule has 0 spiro atoms. The normalized spacial score (nSPS) is 25.4. The van der Waals surface area contributed by atoms with Crippen molar-refractivity contribution in [3.8, 4) is 0 Å². The number of nitrogens with zero attached hydrogens (tertiary/aromatic N) is 2. The molecule has 0 aliphatic carbocycles. The van der Waals surface area contributed by atoms with Gasteiger partial charge in [-0.25, -0.2) is 0 Å². The Kier molecular flexibility index (Phi) is 4.28. The summed E-state index contributed by atoms with van der Waals surface area (Å²) in [5, 5.41) is 2.22. The molecule has 2 fully saturated rings. The van der Waals surface area contributed by atoms with Crippen LogP contribution in [0.5, 0.6) is 0 Å². The van der Waals surface area contributed by atoms with E-state index in [2.05, 4.69) is 31.0 Å². The lowest BCUT2D eigenvalue weighted by Gasteiger charge is -2.28. The highest BCUT2D eigenvalue weighted by Crippen LogP contribution is 2.37. The van der Waals surface area contributed by atoms with E-state index in [-0.39, 0.29) is 24.2 Å². The van der Waals surface area contributed by atoms with E-state index >= 15 is 0 Å². The van der Waals surface area contributed by atoms with E-state index in [9.17, 15) is 19.2 Å². The van der Waals surface area contributed by atoms with Gasteiger partial charge in [0.25, 0.3) is 11.8 Å². The highest BCUT2D eigenvalue weighted by molar-refractivity contribution is 6.23. The van der Waals surface area contributed by atoms with E-state index in [0.717, 1.165) is 30.1 Å². The third-order valence-electron chi connectivity index (χ3n) is 6.20. The van der Waals surface area contributed by atoms with Crippen LogP contribution in [0.3, 0.4) is 0 Å². The molecule has 7 heteroatoms. The highest BCUT2D eigenvalue weighted by atomic mass is 16.2. The smallest absolute Gasteiger partial charge is 0.262 e. The Balaban J connectivity index is 1.58. The van der Waals surface area contributed by atoms with Crippen LogP contribution in [0.2, 0.25) is 0 Å². The molecule has 7 nitrogen and oxygen atoms in total. The number of anilines is 1. The van der Waals surface area contributed by atoms with Gasteiger partial charge in [-0.15, -0.1) is 0 Å². The van der Waals surface area contributed by atoms with Gasteiger partial charge in [-0.3, -0.25) is 29.4 Å². The first-order valence-corrected chi connectivity index (χ1v) is 9.77. The van der Waals surface area contributed by atoms with Crippen molar-refractivity contribution in [2.24, 2.45) is 11.3 Å². The number of amides is 4. The molecule has 2 saturated heterocycles. The van der Waals surface area contributed by atoms with Crippen LogP contribution in [0.1, 0.15) is 60.7 Å². The number of rotatable bonds is 2. The van der Waals surface area contributed by atoms with E-state index in [0.29, 0.717) is 17.0 Å². The Bertz CT molecular complexity index is 886. The lowest BCUT2D eigenvalue weighted by Crippen LogP contribution is -2.54. The first-order valence-electron chi connectivity index (χ1n) is 9.77. The summed E-state index contributed by atoms with van der Waals surface area (Å²) in [6.07, 6.45) is 1.38. The molecule has 3 aliphatic heterocycles. The van der Waals surface area contributed by atoms with Crippen LogP contribution in [0, 0.1) is 11.3 Å². The summed E-state index contributed by atoms with van der Waals surface area (Å²) in [5.41, 5.74) is 1.81. The minimum atomic E-state index is -0.925. The standard InChI is InChI=1S/C21H25N3O4/c1-21(2,3)12-8-9-23(11-12)13-4-5-14-15(10-13)20(28)24(19(14)27)16-6-7-17(25)22-18(16)26/h4-5,10,12,16H,6-9,11H2,1-3H3,(H,22,25,26). The lowest BCUT2D eigenvalue weighted by atomic mass is 9.80. The lowest BCUT2D eigenvalue weighted by molar-refractivity contribution is -0.136. The van der Waals surface area contributed by atoms with Crippen molar-refractivity contribution in [2.75, 3.05) is 18.0 Å². The van der Waals surface area contributed by atoms with Crippen molar-refractivity contribution in [1.82, 2.24) is 10.2 Å². The van der Waals surface area contributed by atoms with Crippen LogP contribution in [0.25, 0.3) is 0 Å². The molecule has 1 aromatic carbocycles. The first kappa shape index (κ1) is 18.7. The molecule has 1 N–H and O–H groups in total. The number of carbonyl (C=O) groups is 4. The minimum Gasteiger partial charge on any atom is -0.371 e. The average molecular weight is 383 g/mol. The Labute approximate surface area is 164 Å². The van der Waals surface area contributed by atoms with Crippen LogP contribution < -0.4 is 10.2 Å². The van der Waals surface area contributed by atoms with Crippen molar-refractivity contribution in [1.29, 1.82) is 0 Å². The van der Waals surface area contributed by atoms with Gasteiger partial charge in [0.05, 0.1) is 11.1 Å². The number of imide groups is 2. The summed E-state index contributed by atoms with van der Waals surface area (Å²) in [5.74, 6) is -1.31. The van der Waals surface area contributed by atoms with Gasteiger partial charge in [-0.2, -0.15) is 0 Å². The summed E-state index contributed by atoms with van der Waals surface area (Å²) in [4.78, 5) is 52.5. The highest BCUT2D eigenvalue weighted by Gasteiger charge is 2.45. The van der Waals surface area contributed by atoms with Crippen molar-refractivity contribution >= 4 is 29.3 Å². The fourth-order valence-corrected chi connectivity index (χ4v) is 4.36. The summed E-state index contributed by atoms with van der Waals surface area (Å²) >= 11 is 0. The molecule has 0 aromatic heterocycles. The monoisotopic (exact) mass is 383 g/mol. The number of piperidine rings is 1. The maximum atomic E-state index is 12.9. The predicted molar refractivity (Wildman–Crippen MR) is 103 cm³/mol. The third kappa shape index (κ3) is 2.99. The summed E-state index contributed by atoms with van der Waals surface area (Å²) in [7, 11) is 0. The number of hydrogen-bond acceptors (Lipinski definition) is 5. The van der Waals surface area contributed by atoms with Crippen LogP contribution in [0.4, 0.5) is 5.69 Å². The number of benzene rings is 1. The topological polar surface area (TPSA) is 86.8 Å². The molecule has 2 unspecified atom stereocenters. The van der Waals surface area contributed by atoms with Gasteiger partial charge in [-0.05, 0) is 42.4 Å². The van der Waals surface area contributed by atoms with Gasteiger partial charge in [0.2, 0.25) is 11.8 Å². The third-order valence-corrected chi connectivity index (χ3v) is 6.20. The molecule has 0 radical (unpaired) electrons. The molecule has 3 heterocycles. The maximum absolute atomic E-state index is 12.9. The number of carbonyl (C=O) groups excluding carboxylic acids is 4. The molecule has 4 amide bonds. The Morgan fingerprint density at radius 3 is 2.36 bits per heavy atom. The van der Waals surface area contributed by atoms with Gasteiger partial charge in [-0.1, -0.05) is 20.8 Å². The molecule has 2 atom stereocenters. The Morgan fingerprint density at radius 2 is 1.71 bits per heavy atom. The van der Waals surface area contributed by atoms with E-state index in [1.54, 1.807) is 12.1 Å². The van der Waals surface area contributed by atoms with E-state index in [1.807, 2.05) is 6.07 Å². The zero-order valence-corrected chi connectivity index (χ0v) is 16.4. The molecular weight excluding hydrogens is 358 g/mol. The van der Waals surface area contributed by atoms with Gasteiger partial charge in [0.15, 0.2) is 0 Å². The molecule has 0 saturated carbocycles. The summed E-state index contributed by atoms with van der Waals surface area (Å²) < 4.78 is 0. The van der Waals surface area contributed by atoms with E-state index < -0.39 is 23.8 Å². The second-order valence-corrected chi connectivity index (χ2v) is 8.97. The summed E-state index contributed by atoms with van der Waals surface area (Å²) in [6.45, 7) is 8.55. The molecule has 0 bridgehead atoms. The van der Waals surface area contributed by atoms with E-state index in [4.69, 9.17) is 0 Å². The summed E-state index contributed by atoms with van der Waals surface area (Å²) in [6, 6.07) is 4.40. The number of fused-ring (bicyclic) bond motifs is 1. The molecule has 4 rings (SSSR count). The predicted octanol–water partition coefficient (Wildman–Crippen LogP) is 1.96. The van der Waals surface area contributed by atoms with Crippen LogP contribution in [-0.4, -0.2) is 47.7 Å². The second kappa shape index (κ2) is 6.43. The maximum Gasteiger partial charge on any atom is 0.262 e. The second-order valence-electron chi connectivity index (χ2n) is 8.97. The van der Waals surface area contributed by atoms with Gasteiger partial charge in [0.1, 0.15) is 6.04 Å². The number of hydrogen-bond donors (Lipinski definition) is 1. The van der Waals surface area contributed by atoms with Crippen LogP contribution in [0.15, 0.2) is 18.2 Å². The first-order chi connectivity index (χ1) is 13.2. The zero-order chi connectivity index (χ0) is 20.2. The van der Waals surface area contributed by atoms with E-state index in [1.165, 1.54) is 0 Å². The molecule has 1 aromatic rings. The number of nitrogens with one attached hydrogen (secondary N) is 1. The Hall–Kier alpha value is -2.70. The largest absolute Gasteiger partial charge is 0.371 e. The van der Waals surface area contributed by atoms with Crippen LogP contribution in [-0.2, 0) is 9.59 Å². The zero-order valence-electron chi connectivity index (χ0n) is 16.4. The molecule has 28 heavy (non-hydrogen) atoms. The van der Waals surface area contributed by atoms with Gasteiger partial charge < -0.3 is 4.90 Å². The van der Waals surface area contributed by atoms with Crippen molar-refractivity contribution in [3.05, 3.63) is 29.3 Å². The molecular formula is C21H25N3O4. The average Bonchev–Trinajstić information content (AvgIpc) is 3.21. The van der Waals surface area contributed by atoms with Crippen molar-refractivity contribution in [3.63, 3.8) is 0 Å². The quantitative estimate of drug-likeness (QED) is 0.789. The van der Waals surface area contributed by atoms with Crippen LogP contribution >= 0.6 is 0 Å². The Morgan fingerprint density at radius 1 is 1.00 bits per heavy atom. The van der Waals surface area contributed by atoms with Gasteiger partial charge >= 0.3 is 0 Å². The van der Waals surface area contributed by atoms with Crippen molar-refractivity contribution in [2.45, 2.75) is 46.1 Å². The molecule has 148 valence electrons. The van der Waals surface area contributed by atoms with Crippen molar-refractivity contribution < 1.29 is 19.2 Å². The SMILES string of the molecule is CC(C)(C)C1CCN(c2ccc3c(c2)C(=O)N(C2CCC(=O)NC2=O)C3=O)C1. The minimum absolute atomic E-state index is 0.122. The van der Waals surface area contributed by atoms with Gasteiger partial charge in [0, 0.05) is 25.2 Å².